The van der Waals surface area contributed by atoms with Gasteiger partial charge in [-0.15, -0.1) is 0 Å². The molecule has 8 heteroatoms. The van der Waals surface area contributed by atoms with Crippen LogP contribution in [0.3, 0.4) is 0 Å². The van der Waals surface area contributed by atoms with Crippen molar-refractivity contribution in [3.05, 3.63) is 63.7 Å². The minimum absolute atomic E-state index is 0.119. The van der Waals surface area contributed by atoms with Gasteiger partial charge in [0.1, 0.15) is 11.5 Å². The molecule has 2 N–H and O–H groups in total. The van der Waals surface area contributed by atoms with Gasteiger partial charge in [-0.05, 0) is 36.6 Å². The fraction of sp³-hybridized carbons (Fsp3) is 0.263. The van der Waals surface area contributed by atoms with Gasteiger partial charge in [0, 0.05) is 17.7 Å². The highest BCUT2D eigenvalue weighted by Crippen LogP contribution is 2.21. The Morgan fingerprint density at radius 2 is 2.04 bits per heavy atom. The second kappa shape index (κ2) is 9.91. The maximum Gasteiger partial charge on any atom is 0.277 e. The van der Waals surface area contributed by atoms with Crippen LogP contribution in [0.4, 0.5) is 5.69 Å². The number of carbonyl (C=O) groups is 1. The minimum Gasteiger partial charge on any atom is -0.507 e. The Kier molecular flexibility index (Phi) is 7.30. The predicted octanol–water partition coefficient (Wildman–Crippen LogP) is 3.17. The highest BCUT2D eigenvalue weighted by Gasteiger charge is 2.09. The fourth-order valence-corrected chi connectivity index (χ4v) is 2.25. The Bertz CT molecular complexity index is 819. The van der Waals surface area contributed by atoms with Gasteiger partial charge in [-0.25, -0.2) is 5.43 Å². The summed E-state index contributed by atoms with van der Waals surface area (Å²) in [6, 6.07) is 11.1. The minimum atomic E-state index is -0.587. The van der Waals surface area contributed by atoms with E-state index in [-0.39, 0.29) is 23.6 Å². The maximum absolute atomic E-state index is 11.8. The Labute approximate surface area is 156 Å². The normalized spacial score (nSPS) is 10.7. The van der Waals surface area contributed by atoms with Crippen molar-refractivity contribution in [2.45, 2.75) is 26.2 Å². The monoisotopic (exact) mass is 371 g/mol. The van der Waals surface area contributed by atoms with E-state index in [9.17, 15) is 20.0 Å². The number of aromatic hydroxyl groups is 1. The lowest BCUT2D eigenvalue weighted by molar-refractivity contribution is -0.384. The molecule has 0 fully saturated rings. The topological polar surface area (TPSA) is 114 Å². The number of nitro benzene ring substituents is 1. The van der Waals surface area contributed by atoms with E-state index in [1.165, 1.54) is 17.7 Å². The smallest absolute Gasteiger partial charge is 0.277 e. The first-order valence-corrected chi connectivity index (χ1v) is 8.50. The van der Waals surface area contributed by atoms with Crippen LogP contribution in [0, 0.1) is 10.1 Å². The number of nitrogens with zero attached hydrogens (tertiary/aromatic N) is 2. The van der Waals surface area contributed by atoms with Crippen molar-refractivity contribution in [2.24, 2.45) is 5.10 Å². The summed E-state index contributed by atoms with van der Waals surface area (Å²) >= 11 is 0. The molecular weight excluding hydrogens is 350 g/mol. The fourth-order valence-electron chi connectivity index (χ4n) is 2.25. The van der Waals surface area contributed by atoms with E-state index in [0.717, 1.165) is 31.5 Å². The number of ether oxygens (including phenoxy) is 1. The SMILES string of the molecule is CCCCc1ccc(OCC(=O)N/N=C/c2cc([N+](=O)[O-])ccc2O)cc1. The van der Waals surface area contributed by atoms with Crippen molar-refractivity contribution in [3.8, 4) is 11.5 Å². The Hall–Kier alpha value is -3.42. The molecule has 0 spiro atoms. The van der Waals surface area contributed by atoms with Gasteiger partial charge < -0.3 is 9.84 Å². The highest BCUT2D eigenvalue weighted by molar-refractivity contribution is 5.86. The average Bonchev–Trinajstić information content (AvgIpc) is 2.66. The molecule has 2 aromatic carbocycles. The van der Waals surface area contributed by atoms with Crippen LogP contribution in [-0.2, 0) is 11.2 Å². The van der Waals surface area contributed by atoms with Crippen LogP contribution in [0.5, 0.6) is 11.5 Å². The molecule has 142 valence electrons. The van der Waals surface area contributed by atoms with Crippen molar-refractivity contribution in [3.63, 3.8) is 0 Å². The number of benzene rings is 2. The molecule has 0 radical (unpaired) electrons. The number of nitrogens with one attached hydrogen (secondary N) is 1. The summed E-state index contributed by atoms with van der Waals surface area (Å²) in [6.45, 7) is 1.91. The lowest BCUT2D eigenvalue weighted by Gasteiger charge is -2.06. The number of hydrogen-bond donors (Lipinski definition) is 2. The summed E-state index contributed by atoms with van der Waals surface area (Å²) in [5.74, 6) is -0.102. The number of nitro groups is 1. The van der Waals surface area contributed by atoms with E-state index in [0.29, 0.717) is 5.75 Å². The second-order valence-electron chi connectivity index (χ2n) is 5.83. The van der Waals surface area contributed by atoms with Crippen LogP contribution in [-0.4, -0.2) is 28.8 Å². The number of unbranched alkanes of at least 4 members (excludes halogenated alkanes) is 1. The number of carbonyl (C=O) groups excluding carboxylic acids is 1. The summed E-state index contributed by atoms with van der Waals surface area (Å²) in [5.41, 5.74) is 3.39. The third-order valence-electron chi connectivity index (χ3n) is 3.73. The van der Waals surface area contributed by atoms with Gasteiger partial charge in [0.25, 0.3) is 11.6 Å². The summed E-state index contributed by atoms with van der Waals surface area (Å²) in [5, 5.41) is 24.1. The molecule has 0 aromatic heterocycles. The van der Waals surface area contributed by atoms with Crippen molar-refractivity contribution in [1.82, 2.24) is 5.43 Å². The van der Waals surface area contributed by atoms with Gasteiger partial charge >= 0.3 is 0 Å². The van der Waals surface area contributed by atoms with E-state index in [1.807, 2.05) is 24.3 Å². The molecule has 8 nitrogen and oxygen atoms in total. The zero-order chi connectivity index (χ0) is 19.6. The number of aryl methyl sites for hydroxylation is 1. The summed E-state index contributed by atoms with van der Waals surface area (Å²) in [4.78, 5) is 21.9. The van der Waals surface area contributed by atoms with E-state index in [1.54, 1.807) is 0 Å². The molecule has 2 rings (SSSR count). The molecule has 0 saturated heterocycles. The van der Waals surface area contributed by atoms with Crippen LogP contribution in [0.25, 0.3) is 0 Å². The molecule has 0 bridgehead atoms. The first-order valence-electron chi connectivity index (χ1n) is 8.50. The second-order valence-corrected chi connectivity index (χ2v) is 5.83. The summed E-state index contributed by atoms with van der Waals surface area (Å²) in [6.07, 6.45) is 4.40. The van der Waals surface area contributed by atoms with Crippen LogP contribution in [0.2, 0.25) is 0 Å². The zero-order valence-electron chi connectivity index (χ0n) is 14.9. The first kappa shape index (κ1) is 19.9. The average molecular weight is 371 g/mol. The van der Waals surface area contributed by atoms with Gasteiger partial charge in [0.2, 0.25) is 0 Å². The van der Waals surface area contributed by atoms with Crippen molar-refractivity contribution >= 4 is 17.8 Å². The molecule has 0 atom stereocenters. The molecule has 0 aliphatic carbocycles. The Morgan fingerprint density at radius 3 is 2.70 bits per heavy atom. The molecule has 0 unspecified atom stereocenters. The Balaban J connectivity index is 1.83. The maximum atomic E-state index is 11.8. The molecule has 0 heterocycles. The molecule has 27 heavy (non-hydrogen) atoms. The number of rotatable bonds is 9. The molecular formula is C19H21N3O5. The van der Waals surface area contributed by atoms with Gasteiger partial charge in [0.05, 0.1) is 11.1 Å². The van der Waals surface area contributed by atoms with Gasteiger partial charge in [0.15, 0.2) is 6.61 Å². The molecule has 0 aliphatic rings. The van der Waals surface area contributed by atoms with Crippen LogP contribution in [0.15, 0.2) is 47.6 Å². The molecule has 1 amide bonds. The van der Waals surface area contributed by atoms with E-state index in [2.05, 4.69) is 17.5 Å². The van der Waals surface area contributed by atoms with E-state index < -0.39 is 10.8 Å². The molecule has 2 aromatic rings. The summed E-state index contributed by atoms with van der Waals surface area (Å²) in [7, 11) is 0. The van der Waals surface area contributed by atoms with Gasteiger partial charge in [-0.2, -0.15) is 5.10 Å². The largest absolute Gasteiger partial charge is 0.507 e. The zero-order valence-corrected chi connectivity index (χ0v) is 14.9. The first-order chi connectivity index (χ1) is 13.0. The van der Waals surface area contributed by atoms with Crippen LogP contribution in [0.1, 0.15) is 30.9 Å². The molecule has 0 saturated carbocycles. The number of phenolic OH excluding ortho intramolecular Hbond substituents is 1. The quantitative estimate of drug-likeness (QED) is 0.399. The predicted molar refractivity (Wildman–Crippen MR) is 101 cm³/mol. The van der Waals surface area contributed by atoms with E-state index in [4.69, 9.17) is 4.74 Å². The lowest BCUT2D eigenvalue weighted by Crippen LogP contribution is -2.24. The molecule has 0 aliphatic heterocycles. The third kappa shape index (κ3) is 6.43. The van der Waals surface area contributed by atoms with Crippen LogP contribution >= 0.6 is 0 Å². The van der Waals surface area contributed by atoms with Crippen molar-refractivity contribution < 1.29 is 19.6 Å². The van der Waals surface area contributed by atoms with E-state index >= 15 is 0 Å². The van der Waals surface area contributed by atoms with Gasteiger partial charge in [-0.3, -0.25) is 14.9 Å². The standard InChI is InChI=1S/C19H21N3O5/c1-2-3-4-14-5-8-17(9-6-14)27-13-19(24)21-20-12-15-11-16(22(25)26)7-10-18(15)23/h5-12,23H,2-4,13H2,1H3,(H,21,24)/b20-12+. The van der Waals surface area contributed by atoms with Crippen LogP contribution < -0.4 is 10.2 Å². The summed E-state index contributed by atoms with van der Waals surface area (Å²) < 4.78 is 5.38. The third-order valence-corrected chi connectivity index (χ3v) is 3.73. The number of hydrogen-bond acceptors (Lipinski definition) is 6. The number of phenols is 1. The Morgan fingerprint density at radius 1 is 1.30 bits per heavy atom. The lowest BCUT2D eigenvalue weighted by atomic mass is 10.1. The number of amides is 1. The highest BCUT2D eigenvalue weighted by atomic mass is 16.6. The number of non-ortho nitro benzene ring substituents is 1. The van der Waals surface area contributed by atoms with Gasteiger partial charge in [-0.1, -0.05) is 25.5 Å². The van der Waals surface area contributed by atoms with Crippen molar-refractivity contribution in [1.29, 1.82) is 0 Å². The number of hydrazone groups is 1. The van der Waals surface area contributed by atoms with Crippen molar-refractivity contribution in [2.75, 3.05) is 6.61 Å².